The van der Waals surface area contributed by atoms with Gasteiger partial charge in [-0.2, -0.15) is 0 Å². The maximum Gasteiger partial charge on any atom is 0.193 e. The molecule has 5 nitrogen and oxygen atoms in total. The maximum atomic E-state index is 9.76. The minimum atomic E-state index is 0.102. The minimum Gasteiger partial charge on any atom is -0.504 e. The van der Waals surface area contributed by atoms with Crippen LogP contribution in [0, 0.1) is 0 Å². The second-order valence-electron chi connectivity index (χ2n) is 5.67. The van der Waals surface area contributed by atoms with Crippen molar-refractivity contribution in [2.24, 2.45) is 10.7 Å². The van der Waals surface area contributed by atoms with Gasteiger partial charge in [-0.25, -0.2) is 4.99 Å². The predicted octanol–water partition coefficient (Wildman–Crippen LogP) is 2.82. The summed E-state index contributed by atoms with van der Waals surface area (Å²) in [6.07, 6.45) is 3.52. The Hall–Kier alpha value is -2.69. The summed E-state index contributed by atoms with van der Waals surface area (Å²) in [5, 5.41) is 12.9. The number of phenols is 1. The molecule has 2 aromatic carbocycles. The van der Waals surface area contributed by atoms with E-state index in [2.05, 4.69) is 22.4 Å². The van der Waals surface area contributed by atoms with E-state index in [0.29, 0.717) is 18.3 Å². The molecule has 23 heavy (non-hydrogen) atoms. The number of aliphatic imine (C=N–C) groups is 1. The summed E-state index contributed by atoms with van der Waals surface area (Å²) in [6.45, 7) is 0.390. The molecule has 0 aromatic heterocycles. The van der Waals surface area contributed by atoms with Crippen molar-refractivity contribution in [1.29, 1.82) is 0 Å². The monoisotopic (exact) mass is 311 g/mol. The van der Waals surface area contributed by atoms with E-state index in [1.54, 1.807) is 12.1 Å². The molecule has 0 radical (unpaired) electrons. The van der Waals surface area contributed by atoms with E-state index >= 15 is 0 Å². The molecule has 5 heteroatoms. The van der Waals surface area contributed by atoms with E-state index in [-0.39, 0.29) is 5.75 Å². The maximum absolute atomic E-state index is 9.76. The number of phenolic OH excluding ortho intramolecular Hbond substituents is 1. The molecule has 0 saturated heterocycles. The Labute approximate surface area is 135 Å². The first-order chi connectivity index (χ1) is 11.2. The van der Waals surface area contributed by atoms with E-state index in [0.717, 1.165) is 17.7 Å². The van der Waals surface area contributed by atoms with Gasteiger partial charge < -0.3 is 20.9 Å². The third kappa shape index (κ3) is 3.56. The lowest BCUT2D eigenvalue weighted by molar-refractivity contribution is 0.373. The fourth-order valence-corrected chi connectivity index (χ4v) is 2.85. The van der Waals surface area contributed by atoms with Crippen LogP contribution in [0.3, 0.4) is 0 Å². The summed E-state index contributed by atoms with van der Waals surface area (Å²) in [6, 6.07) is 11.5. The van der Waals surface area contributed by atoms with Crippen LogP contribution in [0.5, 0.6) is 11.5 Å². The molecule has 0 heterocycles. The number of methoxy groups -OCH3 is 1. The lowest BCUT2D eigenvalue weighted by Gasteiger charge is -2.08. The number of ether oxygens (including phenoxy) is 1. The third-order valence-corrected chi connectivity index (χ3v) is 4.05. The quantitative estimate of drug-likeness (QED) is 0.599. The van der Waals surface area contributed by atoms with Crippen molar-refractivity contribution in [3.63, 3.8) is 0 Å². The van der Waals surface area contributed by atoms with Crippen molar-refractivity contribution in [3.8, 4) is 11.5 Å². The zero-order valence-electron chi connectivity index (χ0n) is 13.2. The molecule has 4 N–H and O–H groups in total. The minimum absolute atomic E-state index is 0.102. The van der Waals surface area contributed by atoms with Crippen molar-refractivity contribution in [2.45, 2.75) is 25.8 Å². The van der Waals surface area contributed by atoms with E-state index in [9.17, 15) is 5.11 Å². The molecule has 1 aliphatic carbocycles. The Morgan fingerprint density at radius 3 is 2.83 bits per heavy atom. The normalized spacial score (nSPS) is 13.7. The van der Waals surface area contributed by atoms with Gasteiger partial charge in [0.15, 0.2) is 17.5 Å². The highest BCUT2D eigenvalue weighted by molar-refractivity contribution is 5.92. The summed E-state index contributed by atoms with van der Waals surface area (Å²) >= 11 is 0. The third-order valence-electron chi connectivity index (χ3n) is 4.05. The number of hydrogen-bond donors (Lipinski definition) is 3. The van der Waals surface area contributed by atoms with E-state index in [1.807, 2.05) is 12.1 Å². The van der Waals surface area contributed by atoms with Crippen LogP contribution in [0.25, 0.3) is 0 Å². The molecule has 0 aliphatic heterocycles. The van der Waals surface area contributed by atoms with Gasteiger partial charge in [0, 0.05) is 5.69 Å². The van der Waals surface area contributed by atoms with Crippen molar-refractivity contribution in [3.05, 3.63) is 53.1 Å². The highest BCUT2D eigenvalue weighted by Gasteiger charge is 2.10. The van der Waals surface area contributed by atoms with E-state index < -0.39 is 0 Å². The molecular weight excluding hydrogens is 290 g/mol. The molecule has 0 fully saturated rings. The van der Waals surface area contributed by atoms with Gasteiger partial charge in [0.1, 0.15) is 0 Å². The number of aromatic hydroxyl groups is 1. The fourth-order valence-electron chi connectivity index (χ4n) is 2.85. The van der Waals surface area contributed by atoms with Crippen molar-refractivity contribution < 1.29 is 9.84 Å². The highest BCUT2D eigenvalue weighted by atomic mass is 16.5. The van der Waals surface area contributed by atoms with Gasteiger partial charge >= 0.3 is 0 Å². The molecule has 2 aromatic rings. The largest absolute Gasteiger partial charge is 0.504 e. The van der Waals surface area contributed by atoms with Crippen molar-refractivity contribution >= 4 is 11.6 Å². The van der Waals surface area contributed by atoms with Crippen LogP contribution in [-0.2, 0) is 19.4 Å². The van der Waals surface area contributed by atoms with Crippen LogP contribution in [0.4, 0.5) is 5.69 Å². The number of benzene rings is 2. The first kappa shape index (κ1) is 15.2. The Morgan fingerprint density at radius 2 is 2.04 bits per heavy atom. The number of anilines is 1. The number of fused-ring (bicyclic) bond motifs is 1. The molecule has 0 spiro atoms. The summed E-state index contributed by atoms with van der Waals surface area (Å²) in [5.41, 5.74) is 10.6. The average Bonchev–Trinajstić information content (AvgIpc) is 3.01. The van der Waals surface area contributed by atoms with Crippen LogP contribution < -0.4 is 15.8 Å². The average molecular weight is 311 g/mol. The number of rotatable bonds is 4. The van der Waals surface area contributed by atoms with Crippen LogP contribution in [0.2, 0.25) is 0 Å². The topological polar surface area (TPSA) is 79.9 Å². The zero-order chi connectivity index (χ0) is 16.2. The number of nitrogens with one attached hydrogen (secondary N) is 1. The molecule has 1 aliphatic rings. The van der Waals surface area contributed by atoms with Gasteiger partial charge in [-0.1, -0.05) is 12.1 Å². The van der Waals surface area contributed by atoms with Crippen LogP contribution in [0.1, 0.15) is 23.1 Å². The number of nitrogens with two attached hydrogens (primary N) is 1. The number of nitrogens with zero attached hydrogens (tertiary/aromatic N) is 1. The first-order valence-corrected chi connectivity index (χ1v) is 7.70. The van der Waals surface area contributed by atoms with Crippen LogP contribution in [-0.4, -0.2) is 18.2 Å². The molecule has 3 rings (SSSR count). The number of guanidine groups is 1. The molecule has 0 saturated carbocycles. The molecule has 0 amide bonds. The lowest BCUT2D eigenvalue weighted by atomic mass is 10.1. The summed E-state index contributed by atoms with van der Waals surface area (Å²) in [4.78, 5) is 4.31. The van der Waals surface area contributed by atoms with Crippen LogP contribution >= 0.6 is 0 Å². The SMILES string of the molecule is COc1ccc(CN=C(N)Nc2ccc3c(c2)CCC3)cc1O. The van der Waals surface area contributed by atoms with Crippen molar-refractivity contribution in [1.82, 2.24) is 0 Å². The van der Waals surface area contributed by atoms with Crippen molar-refractivity contribution in [2.75, 3.05) is 12.4 Å². The van der Waals surface area contributed by atoms with Gasteiger partial charge in [0.05, 0.1) is 13.7 Å². The van der Waals surface area contributed by atoms with E-state index in [1.165, 1.54) is 31.1 Å². The van der Waals surface area contributed by atoms with Gasteiger partial charge in [-0.05, 0) is 60.2 Å². The molecule has 120 valence electrons. The van der Waals surface area contributed by atoms with Crippen LogP contribution in [0.15, 0.2) is 41.4 Å². The predicted molar refractivity (Wildman–Crippen MR) is 92.1 cm³/mol. The lowest BCUT2D eigenvalue weighted by Crippen LogP contribution is -2.22. The first-order valence-electron chi connectivity index (χ1n) is 7.70. The van der Waals surface area contributed by atoms with Gasteiger partial charge in [-0.15, -0.1) is 0 Å². The number of aryl methyl sites for hydroxylation is 2. The summed E-state index contributed by atoms with van der Waals surface area (Å²) in [7, 11) is 1.52. The Bertz CT molecular complexity index is 741. The number of hydrogen-bond acceptors (Lipinski definition) is 3. The zero-order valence-corrected chi connectivity index (χ0v) is 13.2. The second-order valence-corrected chi connectivity index (χ2v) is 5.67. The Morgan fingerprint density at radius 1 is 1.22 bits per heavy atom. The standard InChI is InChI=1S/C18H21N3O2/c1-23-17-8-5-12(9-16(17)22)11-20-18(19)21-15-7-6-13-3-2-4-14(13)10-15/h5-10,22H,2-4,11H2,1H3,(H3,19,20,21). The molecule has 0 unspecified atom stereocenters. The Kier molecular flexibility index (Phi) is 4.37. The Balaban J connectivity index is 1.65. The summed E-state index contributed by atoms with van der Waals surface area (Å²) < 4.78 is 5.02. The molecular formula is C18H21N3O2. The van der Waals surface area contributed by atoms with Gasteiger partial charge in [0.25, 0.3) is 0 Å². The molecule has 0 atom stereocenters. The fraction of sp³-hybridized carbons (Fsp3) is 0.278. The molecule has 0 bridgehead atoms. The van der Waals surface area contributed by atoms with Gasteiger partial charge in [0.2, 0.25) is 0 Å². The highest BCUT2D eigenvalue weighted by Crippen LogP contribution is 2.27. The van der Waals surface area contributed by atoms with E-state index in [4.69, 9.17) is 10.5 Å². The smallest absolute Gasteiger partial charge is 0.193 e. The second kappa shape index (κ2) is 6.60. The van der Waals surface area contributed by atoms with Gasteiger partial charge in [-0.3, -0.25) is 0 Å². The summed E-state index contributed by atoms with van der Waals surface area (Å²) in [5.74, 6) is 0.908.